The van der Waals surface area contributed by atoms with Gasteiger partial charge in [-0.05, 0) is 44.0 Å². The molecule has 148 valence electrons. The van der Waals surface area contributed by atoms with Gasteiger partial charge in [-0.3, -0.25) is 9.59 Å². The number of rotatable bonds is 2. The minimum atomic E-state index is -0.709. The molecule has 0 aliphatic heterocycles. The first-order valence-corrected chi connectivity index (χ1v) is 9.93. The molecule has 5 rings (SSSR count). The topological polar surface area (TPSA) is 52.6 Å². The van der Waals surface area contributed by atoms with Crippen LogP contribution in [0, 0.1) is 0 Å². The summed E-state index contributed by atoms with van der Waals surface area (Å²) in [6.45, 7) is 2.74. The van der Waals surface area contributed by atoms with Gasteiger partial charge in [-0.25, -0.2) is 0 Å². The van der Waals surface area contributed by atoms with E-state index in [-0.39, 0.29) is 0 Å². The van der Waals surface area contributed by atoms with Crippen molar-refractivity contribution in [1.82, 2.24) is 0 Å². The van der Waals surface area contributed by atoms with Gasteiger partial charge in [0.2, 0.25) is 0 Å². The largest absolute Gasteiger partial charge is 0.454 e. The molecule has 4 heteroatoms. The Hall–Kier alpha value is -3.66. The lowest BCUT2D eigenvalue weighted by Crippen LogP contribution is -2.29. The van der Waals surface area contributed by atoms with Gasteiger partial charge >= 0.3 is 11.9 Å². The van der Waals surface area contributed by atoms with Gasteiger partial charge in [0, 0.05) is 19.4 Å². The number of hydrogen-bond acceptors (Lipinski definition) is 4. The number of esters is 2. The average Bonchev–Trinajstić information content (AvgIpc) is 2.74. The zero-order chi connectivity index (χ0) is 20.8. The summed E-state index contributed by atoms with van der Waals surface area (Å²) in [6.07, 6.45) is 2.42. The van der Waals surface area contributed by atoms with Gasteiger partial charge in [-0.2, -0.15) is 0 Å². The normalized spacial score (nSPS) is 17.8. The van der Waals surface area contributed by atoms with Gasteiger partial charge in [0.1, 0.15) is 0 Å². The van der Waals surface area contributed by atoms with E-state index in [0.717, 1.165) is 43.4 Å². The Labute approximate surface area is 173 Å². The standard InChI is InChI=1S/C26H20O4/c1-15(27)29-23-14-13-22-24-18-8-4-3-7-17(18)11-12-21(24)19-9-5-6-10-20(19)25(22)26(23)30-16(2)28/h3-14,23,26H,1-2H3/t23-,26+/m0/s1. The van der Waals surface area contributed by atoms with Crippen molar-refractivity contribution in [3.8, 4) is 0 Å². The zero-order valence-corrected chi connectivity index (χ0v) is 16.7. The molecule has 4 nitrogen and oxygen atoms in total. The van der Waals surface area contributed by atoms with Crippen molar-refractivity contribution in [2.24, 2.45) is 0 Å². The van der Waals surface area contributed by atoms with Gasteiger partial charge in [-0.15, -0.1) is 0 Å². The summed E-state index contributed by atoms with van der Waals surface area (Å²) < 4.78 is 11.2. The van der Waals surface area contributed by atoms with E-state index in [4.69, 9.17) is 9.47 Å². The molecule has 4 aromatic rings. The molecule has 0 spiro atoms. The average molecular weight is 396 g/mol. The van der Waals surface area contributed by atoms with Crippen molar-refractivity contribution in [2.75, 3.05) is 0 Å². The second kappa shape index (κ2) is 6.99. The van der Waals surface area contributed by atoms with Crippen LogP contribution < -0.4 is 0 Å². The third-order valence-corrected chi connectivity index (χ3v) is 5.63. The highest BCUT2D eigenvalue weighted by Crippen LogP contribution is 2.44. The maximum atomic E-state index is 12.0. The summed E-state index contributed by atoms with van der Waals surface area (Å²) in [6, 6.07) is 20.6. The van der Waals surface area contributed by atoms with Crippen LogP contribution in [-0.2, 0) is 19.1 Å². The maximum Gasteiger partial charge on any atom is 0.303 e. The molecule has 30 heavy (non-hydrogen) atoms. The number of carbonyl (C=O) groups is 2. The Kier molecular flexibility index (Phi) is 4.28. The minimum Gasteiger partial charge on any atom is -0.454 e. The molecule has 0 amide bonds. The number of carbonyl (C=O) groups excluding carboxylic acids is 2. The molecule has 0 fully saturated rings. The van der Waals surface area contributed by atoms with Gasteiger partial charge in [-0.1, -0.05) is 66.7 Å². The summed E-state index contributed by atoms with van der Waals surface area (Å²) in [7, 11) is 0. The van der Waals surface area contributed by atoms with Crippen molar-refractivity contribution in [3.63, 3.8) is 0 Å². The minimum absolute atomic E-state index is 0.416. The van der Waals surface area contributed by atoms with Crippen LogP contribution in [0.5, 0.6) is 0 Å². The van der Waals surface area contributed by atoms with Gasteiger partial charge < -0.3 is 9.47 Å². The van der Waals surface area contributed by atoms with E-state index in [1.165, 1.54) is 13.8 Å². The SMILES string of the molecule is CC(=O)O[C@H]1C=Cc2c(c3ccccc3c3ccc4ccccc4c23)[C@@H]1OC(C)=O. The van der Waals surface area contributed by atoms with E-state index in [1.807, 2.05) is 42.5 Å². The van der Waals surface area contributed by atoms with E-state index >= 15 is 0 Å². The molecule has 2 atom stereocenters. The molecule has 1 aliphatic carbocycles. The fraction of sp³-hybridized carbons (Fsp3) is 0.154. The molecular weight excluding hydrogens is 376 g/mol. The van der Waals surface area contributed by atoms with Crippen molar-refractivity contribution in [1.29, 1.82) is 0 Å². The molecule has 0 saturated carbocycles. The van der Waals surface area contributed by atoms with Crippen LogP contribution in [0.1, 0.15) is 31.1 Å². The lowest BCUT2D eigenvalue weighted by molar-refractivity contribution is -0.162. The molecule has 0 bridgehead atoms. The van der Waals surface area contributed by atoms with Gasteiger partial charge in [0.05, 0.1) is 0 Å². The maximum absolute atomic E-state index is 12.0. The molecule has 0 aromatic heterocycles. The molecule has 0 N–H and O–H groups in total. The van der Waals surface area contributed by atoms with Crippen LogP contribution in [0.2, 0.25) is 0 Å². The van der Waals surface area contributed by atoms with Crippen LogP contribution in [-0.4, -0.2) is 18.0 Å². The highest BCUT2D eigenvalue weighted by Gasteiger charge is 2.34. The van der Waals surface area contributed by atoms with Crippen LogP contribution in [0.25, 0.3) is 38.4 Å². The summed E-state index contributed by atoms with van der Waals surface area (Å²) in [5.74, 6) is -0.832. The van der Waals surface area contributed by atoms with Crippen LogP contribution in [0.15, 0.2) is 66.7 Å². The Balaban J connectivity index is 1.94. The van der Waals surface area contributed by atoms with Crippen molar-refractivity contribution < 1.29 is 19.1 Å². The quantitative estimate of drug-likeness (QED) is 0.322. The highest BCUT2D eigenvalue weighted by molar-refractivity contribution is 6.21. The van der Waals surface area contributed by atoms with Crippen molar-refractivity contribution >= 4 is 50.3 Å². The first kappa shape index (κ1) is 18.4. The third kappa shape index (κ3) is 2.84. The van der Waals surface area contributed by atoms with Crippen molar-refractivity contribution in [3.05, 3.63) is 77.9 Å². The molecule has 0 heterocycles. The lowest BCUT2D eigenvalue weighted by Gasteiger charge is -2.31. The summed E-state index contributed by atoms with van der Waals surface area (Å²) in [5.41, 5.74) is 1.87. The van der Waals surface area contributed by atoms with Crippen LogP contribution >= 0.6 is 0 Å². The lowest BCUT2D eigenvalue weighted by atomic mass is 9.82. The molecule has 0 saturated heterocycles. The van der Waals surface area contributed by atoms with Crippen LogP contribution in [0.3, 0.4) is 0 Å². The van der Waals surface area contributed by atoms with Gasteiger partial charge in [0.15, 0.2) is 12.2 Å². The molecule has 1 aliphatic rings. The van der Waals surface area contributed by atoms with E-state index in [2.05, 4.69) is 30.3 Å². The predicted octanol–water partition coefficient (Wildman–Crippen LogP) is 5.71. The molecule has 0 radical (unpaired) electrons. The number of benzene rings is 4. The number of fused-ring (bicyclic) bond motifs is 8. The van der Waals surface area contributed by atoms with Gasteiger partial charge in [0.25, 0.3) is 0 Å². The summed E-state index contributed by atoms with van der Waals surface area (Å²) in [5, 5.41) is 6.59. The van der Waals surface area contributed by atoms with E-state index in [9.17, 15) is 9.59 Å². The predicted molar refractivity (Wildman–Crippen MR) is 118 cm³/mol. The highest BCUT2D eigenvalue weighted by atomic mass is 16.6. The zero-order valence-electron chi connectivity index (χ0n) is 16.7. The third-order valence-electron chi connectivity index (χ3n) is 5.63. The van der Waals surface area contributed by atoms with Crippen molar-refractivity contribution in [2.45, 2.75) is 26.1 Å². The van der Waals surface area contributed by atoms with E-state index < -0.39 is 24.1 Å². The fourth-order valence-electron chi connectivity index (χ4n) is 4.55. The first-order chi connectivity index (χ1) is 14.5. The molecule has 4 aromatic carbocycles. The molecule has 0 unspecified atom stereocenters. The summed E-state index contributed by atoms with van der Waals surface area (Å²) >= 11 is 0. The van der Waals surface area contributed by atoms with Crippen LogP contribution in [0.4, 0.5) is 0 Å². The number of ether oxygens (including phenoxy) is 2. The summed E-state index contributed by atoms with van der Waals surface area (Å²) in [4.78, 5) is 23.7. The number of hydrogen-bond donors (Lipinski definition) is 0. The Morgan fingerprint density at radius 1 is 0.733 bits per heavy atom. The fourth-order valence-corrected chi connectivity index (χ4v) is 4.55. The Morgan fingerprint density at radius 3 is 2.13 bits per heavy atom. The van der Waals surface area contributed by atoms with E-state index in [0.29, 0.717) is 0 Å². The Bertz CT molecular complexity index is 1370. The second-order valence-corrected chi connectivity index (χ2v) is 7.55. The smallest absolute Gasteiger partial charge is 0.303 e. The first-order valence-electron chi connectivity index (χ1n) is 9.93. The monoisotopic (exact) mass is 396 g/mol. The Morgan fingerprint density at radius 2 is 1.40 bits per heavy atom. The van der Waals surface area contributed by atoms with E-state index in [1.54, 1.807) is 0 Å². The second-order valence-electron chi connectivity index (χ2n) is 7.55. The molecular formula is C26H20O4.